The van der Waals surface area contributed by atoms with Gasteiger partial charge in [-0.3, -0.25) is 9.71 Å². The number of alkyl halides is 3. The maximum absolute atomic E-state index is 12.9. The first kappa shape index (κ1) is 17.9. The van der Waals surface area contributed by atoms with Gasteiger partial charge in [0.1, 0.15) is 0 Å². The third-order valence-corrected chi connectivity index (χ3v) is 5.75. The molecule has 0 spiro atoms. The highest BCUT2D eigenvalue weighted by Crippen LogP contribution is 2.36. The normalized spacial score (nSPS) is 22.5. The van der Waals surface area contributed by atoms with Crippen LogP contribution in [0.1, 0.15) is 5.56 Å². The predicted molar refractivity (Wildman–Crippen MR) is 93.5 cm³/mol. The molecule has 1 aliphatic carbocycles. The van der Waals surface area contributed by atoms with E-state index in [4.69, 9.17) is 0 Å². The number of fused-ring (bicyclic) bond motifs is 1. The lowest BCUT2D eigenvalue weighted by Gasteiger charge is -2.26. The fraction of sp³-hybridized carbons (Fsp3) is 0.188. The Bertz CT molecular complexity index is 918. The first-order chi connectivity index (χ1) is 11.7. The van der Waals surface area contributed by atoms with Crippen LogP contribution in [0.2, 0.25) is 0 Å². The van der Waals surface area contributed by atoms with Gasteiger partial charge in [0.2, 0.25) is 0 Å². The van der Waals surface area contributed by atoms with Crippen molar-refractivity contribution in [2.45, 2.75) is 6.18 Å². The van der Waals surface area contributed by atoms with Gasteiger partial charge in [-0.1, -0.05) is 34.2 Å². The van der Waals surface area contributed by atoms with E-state index in [2.05, 4.69) is 25.6 Å². The van der Waals surface area contributed by atoms with Crippen LogP contribution in [0.3, 0.4) is 0 Å². The van der Waals surface area contributed by atoms with Gasteiger partial charge in [0.15, 0.2) is 0 Å². The topological polar surface area (TPSA) is 58.5 Å². The SMILES string of the molecule is O=S(=O)(Nc1cc(Br)cc(C(F)(F)F)c1)C1=CC=CC2C=NC=CC12. The Morgan fingerprint density at radius 3 is 2.64 bits per heavy atom. The zero-order valence-electron chi connectivity index (χ0n) is 12.5. The standard InChI is InChI=1S/C16H12BrF3N2O2S/c17-12-6-11(16(18,19)20)7-13(8-12)22-25(23,24)15-3-1-2-10-9-21-5-4-14(10)15/h1-10,14,22H. The van der Waals surface area contributed by atoms with Crippen molar-refractivity contribution >= 4 is 37.9 Å². The van der Waals surface area contributed by atoms with Crippen molar-refractivity contribution in [1.82, 2.24) is 0 Å². The van der Waals surface area contributed by atoms with E-state index in [0.29, 0.717) is 0 Å². The Labute approximate surface area is 151 Å². The van der Waals surface area contributed by atoms with Crippen LogP contribution in [-0.4, -0.2) is 14.6 Å². The third-order valence-electron chi connectivity index (χ3n) is 3.76. The molecule has 0 bridgehead atoms. The van der Waals surface area contributed by atoms with Gasteiger partial charge in [-0.2, -0.15) is 13.2 Å². The summed E-state index contributed by atoms with van der Waals surface area (Å²) >= 11 is 2.98. The molecule has 2 unspecified atom stereocenters. The van der Waals surface area contributed by atoms with Crippen LogP contribution in [0.4, 0.5) is 18.9 Å². The summed E-state index contributed by atoms with van der Waals surface area (Å²) in [5, 5.41) is 0. The minimum Gasteiger partial charge on any atom is -0.280 e. The van der Waals surface area contributed by atoms with Crippen LogP contribution in [0.25, 0.3) is 0 Å². The Hall–Kier alpha value is -1.87. The second-order valence-corrected chi connectivity index (χ2v) is 8.13. The Kier molecular flexibility index (Phi) is 4.63. The molecule has 1 aromatic rings. The summed E-state index contributed by atoms with van der Waals surface area (Å²) in [5.74, 6) is -0.635. The average Bonchev–Trinajstić information content (AvgIpc) is 2.52. The van der Waals surface area contributed by atoms with Crippen molar-refractivity contribution < 1.29 is 21.6 Å². The number of halogens is 4. The maximum Gasteiger partial charge on any atom is 0.416 e. The third kappa shape index (κ3) is 3.87. The number of nitrogens with one attached hydrogen (secondary N) is 1. The molecule has 0 radical (unpaired) electrons. The molecule has 1 aliphatic heterocycles. The smallest absolute Gasteiger partial charge is 0.280 e. The molecule has 0 amide bonds. The van der Waals surface area contributed by atoms with Crippen LogP contribution < -0.4 is 4.72 Å². The van der Waals surface area contributed by atoms with E-state index in [1.807, 2.05) is 6.08 Å². The fourth-order valence-electron chi connectivity index (χ4n) is 2.65. The Morgan fingerprint density at radius 1 is 1.16 bits per heavy atom. The van der Waals surface area contributed by atoms with Crippen LogP contribution in [0, 0.1) is 11.8 Å². The molecule has 1 N–H and O–H groups in total. The summed E-state index contributed by atoms with van der Waals surface area (Å²) in [6, 6.07) is 2.93. The molecule has 0 saturated heterocycles. The quantitative estimate of drug-likeness (QED) is 0.764. The van der Waals surface area contributed by atoms with Gasteiger partial charge >= 0.3 is 6.18 Å². The van der Waals surface area contributed by atoms with Gasteiger partial charge in [0.05, 0.1) is 16.2 Å². The first-order valence-corrected chi connectivity index (χ1v) is 9.43. The van der Waals surface area contributed by atoms with E-state index in [1.54, 1.807) is 18.4 Å². The van der Waals surface area contributed by atoms with Crippen LogP contribution in [0.5, 0.6) is 0 Å². The lowest BCUT2D eigenvalue weighted by atomic mass is 9.88. The molecule has 2 aliphatic rings. The van der Waals surface area contributed by atoms with Gasteiger partial charge in [0, 0.05) is 28.7 Å². The zero-order valence-corrected chi connectivity index (χ0v) is 14.9. The molecule has 0 saturated carbocycles. The number of nitrogens with zero attached hydrogens (tertiary/aromatic N) is 1. The summed E-state index contributed by atoms with van der Waals surface area (Å²) in [6.07, 6.45) is 5.07. The van der Waals surface area contributed by atoms with Crippen LogP contribution in [-0.2, 0) is 16.2 Å². The second kappa shape index (κ2) is 6.45. The molecular formula is C16H12BrF3N2O2S. The number of aliphatic imine (C=N–C) groups is 1. The molecule has 1 aromatic carbocycles. The van der Waals surface area contributed by atoms with Crippen molar-refractivity contribution in [3.05, 3.63) is 63.6 Å². The number of hydrogen-bond acceptors (Lipinski definition) is 3. The van der Waals surface area contributed by atoms with E-state index >= 15 is 0 Å². The molecule has 2 atom stereocenters. The van der Waals surface area contributed by atoms with Crippen molar-refractivity contribution in [3.63, 3.8) is 0 Å². The molecule has 0 aromatic heterocycles. The van der Waals surface area contributed by atoms with E-state index < -0.39 is 27.7 Å². The van der Waals surface area contributed by atoms with E-state index in [-0.39, 0.29) is 21.0 Å². The van der Waals surface area contributed by atoms with E-state index in [0.717, 1.165) is 12.1 Å². The Morgan fingerprint density at radius 2 is 1.92 bits per heavy atom. The summed E-state index contributed by atoms with van der Waals surface area (Å²) in [6.45, 7) is 0. The monoisotopic (exact) mass is 432 g/mol. The molecule has 9 heteroatoms. The number of benzene rings is 1. The van der Waals surface area contributed by atoms with Gasteiger partial charge in [-0.05, 0) is 24.3 Å². The van der Waals surface area contributed by atoms with E-state index in [9.17, 15) is 21.6 Å². The van der Waals surface area contributed by atoms with Crippen molar-refractivity contribution in [1.29, 1.82) is 0 Å². The molecule has 0 fully saturated rings. The van der Waals surface area contributed by atoms with Gasteiger partial charge in [-0.15, -0.1) is 0 Å². The fourth-order valence-corrected chi connectivity index (χ4v) is 4.54. The van der Waals surface area contributed by atoms with Crippen LogP contribution >= 0.6 is 15.9 Å². The number of sulfonamides is 1. The maximum atomic E-state index is 12.9. The summed E-state index contributed by atoms with van der Waals surface area (Å²) < 4.78 is 66.5. The number of anilines is 1. The van der Waals surface area contributed by atoms with Gasteiger partial charge < -0.3 is 0 Å². The summed E-state index contributed by atoms with van der Waals surface area (Å²) in [4.78, 5) is 4.06. The summed E-state index contributed by atoms with van der Waals surface area (Å²) in [5.41, 5.74) is -1.11. The van der Waals surface area contributed by atoms with Gasteiger partial charge in [-0.25, -0.2) is 8.42 Å². The zero-order chi connectivity index (χ0) is 18.2. The van der Waals surface area contributed by atoms with Crippen molar-refractivity contribution in [2.24, 2.45) is 16.8 Å². The molecule has 4 nitrogen and oxygen atoms in total. The number of hydrogen-bond donors (Lipinski definition) is 1. The first-order valence-electron chi connectivity index (χ1n) is 7.16. The van der Waals surface area contributed by atoms with Crippen LogP contribution in [0.15, 0.2) is 63.1 Å². The minimum atomic E-state index is -4.58. The van der Waals surface area contributed by atoms with Crippen molar-refractivity contribution in [2.75, 3.05) is 4.72 Å². The largest absolute Gasteiger partial charge is 0.416 e. The highest BCUT2D eigenvalue weighted by Gasteiger charge is 2.34. The molecule has 25 heavy (non-hydrogen) atoms. The summed E-state index contributed by atoms with van der Waals surface area (Å²) in [7, 11) is -4.03. The highest BCUT2D eigenvalue weighted by atomic mass is 79.9. The second-order valence-electron chi connectivity index (χ2n) is 5.53. The lowest BCUT2D eigenvalue weighted by Crippen LogP contribution is -2.27. The van der Waals surface area contributed by atoms with Crippen molar-refractivity contribution in [3.8, 4) is 0 Å². The number of allylic oxidation sites excluding steroid dienone is 5. The average molecular weight is 433 g/mol. The molecule has 1 heterocycles. The molecule has 132 valence electrons. The minimum absolute atomic E-state index is 0.0796. The number of rotatable bonds is 3. The predicted octanol–water partition coefficient (Wildman–Crippen LogP) is 4.49. The highest BCUT2D eigenvalue weighted by molar-refractivity contribution is 9.10. The lowest BCUT2D eigenvalue weighted by molar-refractivity contribution is -0.137. The Balaban J connectivity index is 1.94. The van der Waals surface area contributed by atoms with Gasteiger partial charge in [0.25, 0.3) is 10.0 Å². The molecule has 3 rings (SSSR count). The molecular weight excluding hydrogens is 421 g/mol. The van der Waals surface area contributed by atoms with E-state index in [1.165, 1.54) is 18.3 Å².